The number of amides is 3. The Kier molecular flexibility index (Phi) is 8.67. The standard InChI is InChI=1S/C10H19N3O6/c1-4-18-10(16)13-6-7(19-8(14)11-2)5-12-9(15)17-3/h7H,4-6H2,1-3H3,(H,11,14)(H,12,15)(H,13,16). The topological polar surface area (TPSA) is 115 Å². The number of rotatable bonds is 6. The van der Waals surface area contributed by atoms with Gasteiger partial charge in [-0.3, -0.25) is 0 Å². The Morgan fingerprint density at radius 2 is 1.63 bits per heavy atom. The minimum Gasteiger partial charge on any atom is -0.453 e. The molecule has 0 aliphatic heterocycles. The van der Waals surface area contributed by atoms with E-state index < -0.39 is 24.4 Å². The quantitative estimate of drug-likeness (QED) is 0.580. The van der Waals surface area contributed by atoms with Crippen LogP contribution >= 0.6 is 0 Å². The van der Waals surface area contributed by atoms with Gasteiger partial charge in [-0.25, -0.2) is 14.4 Å². The Bertz CT molecular complexity index is 310. The second kappa shape index (κ2) is 9.80. The van der Waals surface area contributed by atoms with Gasteiger partial charge in [0, 0.05) is 7.05 Å². The second-order valence-corrected chi connectivity index (χ2v) is 3.25. The van der Waals surface area contributed by atoms with Crippen molar-refractivity contribution in [3.63, 3.8) is 0 Å². The van der Waals surface area contributed by atoms with Crippen LogP contribution in [0.5, 0.6) is 0 Å². The normalized spacial score (nSPS) is 10.9. The van der Waals surface area contributed by atoms with E-state index in [-0.39, 0.29) is 19.7 Å². The molecule has 0 bridgehead atoms. The van der Waals surface area contributed by atoms with Crippen molar-refractivity contribution in [2.24, 2.45) is 0 Å². The summed E-state index contributed by atoms with van der Waals surface area (Å²) in [5.74, 6) is 0. The molecule has 0 spiro atoms. The zero-order valence-electron chi connectivity index (χ0n) is 11.1. The van der Waals surface area contributed by atoms with Gasteiger partial charge < -0.3 is 30.2 Å². The van der Waals surface area contributed by atoms with Crippen molar-refractivity contribution >= 4 is 18.3 Å². The van der Waals surface area contributed by atoms with Crippen molar-refractivity contribution in [2.75, 3.05) is 33.9 Å². The molecule has 0 aliphatic carbocycles. The van der Waals surface area contributed by atoms with Crippen molar-refractivity contribution in [1.82, 2.24) is 16.0 Å². The summed E-state index contributed by atoms with van der Waals surface area (Å²) in [5.41, 5.74) is 0. The highest BCUT2D eigenvalue weighted by atomic mass is 16.6. The smallest absolute Gasteiger partial charge is 0.407 e. The van der Waals surface area contributed by atoms with E-state index in [9.17, 15) is 14.4 Å². The minimum absolute atomic E-state index is 0.00372. The average molecular weight is 277 g/mol. The fourth-order valence-electron chi connectivity index (χ4n) is 1.01. The number of nitrogens with one attached hydrogen (secondary N) is 3. The van der Waals surface area contributed by atoms with Gasteiger partial charge in [-0.1, -0.05) is 0 Å². The SMILES string of the molecule is CCOC(=O)NCC(CNC(=O)OC)OC(=O)NC. The van der Waals surface area contributed by atoms with Gasteiger partial charge in [0.2, 0.25) is 0 Å². The van der Waals surface area contributed by atoms with Crippen molar-refractivity contribution < 1.29 is 28.6 Å². The van der Waals surface area contributed by atoms with Gasteiger partial charge in [0.05, 0.1) is 26.8 Å². The molecule has 0 rings (SSSR count). The van der Waals surface area contributed by atoms with E-state index in [0.717, 1.165) is 0 Å². The van der Waals surface area contributed by atoms with Gasteiger partial charge in [-0.05, 0) is 6.92 Å². The maximum absolute atomic E-state index is 11.1. The van der Waals surface area contributed by atoms with Gasteiger partial charge in [0.25, 0.3) is 0 Å². The molecule has 1 atom stereocenters. The highest BCUT2D eigenvalue weighted by Crippen LogP contribution is 1.92. The molecule has 3 N–H and O–H groups in total. The molecule has 0 saturated heterocycles. The monoisotopic (exact) mass is 277 g/mol. The van der Waals surface area contributed by atoms with Crippen LogP contribution in [0.4, 0.5) is 14.4 Å². The Labute approximate surface area is 110 Å². The molecule has 0 fully saturated rings. The molecule has 0 radical (unpaired) electrons. The molecular weight excluding hydrogens is 258 g/mol. The number of hydrogen-bond acceptors (Lipinski definition) is 6. The van der Waals surface area contributed by atoms with Crippen LogP contribution in [0.25, 0.3) is 0 Å². The van der Waals surface area contributed by atoms with Crippen LogP contribution < -0.4 is 16.0 Å². The van der Waals surface area contributed by atoms with Gasteiger partial charge in [0.1, 0.15) is 6.10 Å². The summed E-state index contributed by atoms with van der Waals surface area (Å²) < 4.78 is 14.0. The van der Waals surface area contributed by atoms with E-state index in [4.69, 9.17) is 4.74 Å². The van der Waals surface area contributed by atoms with Gasteiger partial charge in [-0.2, -0.15) is 0 Å². The van der Waals surface area contributed by atoms with Crippen LogP contribution in [0.1, 0.15) is 6.92 Å². The second-order valence-electron chi connectivity index (χ2n) is 3.25. The predicted molar refractivity (Wildman–Crippen MR) is 64.8 cm³/mol. The number of carbonyl (C=O) groups is 3. The van der Waals surface area contributed by atoms with Crippen LogP contribution in [-0.4, -0.2) is 58.2 Å². The van der Waals surface area contributed by atoms with E-state index in [0.29, 0.717) is 0 Å². The molecule has 1 unspecified atom stereocenters. The van der Waals surface area contributed by atoms with Crippen molar-refractivity contribution in [2.45, 2.75) is 13.0 Å². The van der Waals surface area contributed by atoms with Crippen LogP contribution in [-0.2, 0) is 14.2 Å². The van der Waals surface area contributed by atoms with Crippen LogP contribution in [0.3, 0.4) is 0 Å². The summed E-state index contributed by atoms with van der Waals surface area (Å²) in [5, 5.41) is 7.02. The number of hydrogen-bond donors (Lipinski definition) is 3. The molecule has 110 valence electrons. The van der Waals surface area contributed by atoms with E-state index >= 15 is 0 Å². The highest BCUT2D eigenvalue weighted by Gasteiger charge is 2.16. The predicted octanol–water partition coefficient (Wildman–Crippen LogP) is -0.187. The number of methoxy groups -OCH3 is 1. The summed E-state index contributed by atoms with van der Waals surface area (Å²) in [6, 6.07) is 0. The lowest BCUT2D eigenvalue weighted by Gasteiger charge is -2.18. The first-order valence-electron chi connectivity index (χ1n) is 5.64. The van der Waals surface area contributed by atoms with Gasteiger partial charge in [-0.15, -0.1) is 0 Å². The van der Waals surface area contributed by atoms with Crippen LogP contribution in [0, 0.1) is 0 Å². The Hall–Kier alpha value is -2.19. The molecule has 0 heterocycles. The Morgan fingerprint density at radius 1 is 1.05 bits per heavy atom. The first kappa shape index (κ1) is 16.8. The average Bonchev–Trinajstić information content (AvgIpc) is 2.41. The molecule has 3 amide bonds. The van der Waals surface area contributed by atoms with E-state index in [1.54, 1.807) is 6.92 Å². The highest BCUT2D eigenvalue weighted by molar-refractivity contribution is 5.69. The zero-order chi connectivity index (χ0) is 14.7. The summed E-state index contributed by atoms with van der Waals surface area (Å²) >= 11 is 0. The minimum atomic E-state index is -0.747. The van der Waals surface area contributed by atoms with Gasteiger partial charge >= 0.3 is 18.3 Å². The fourth-order valence-corrected chi connectivity index (χ4v) is 1.01. The number of carbonyl (C=O) groups excluding carboxylic acids is 3. The molecule has 9 nitrogen and oxygen atoms in total. The molecule has 0 saturated carbocycles. The van der Waals surface area contributed by atoms with E-state index in [1.165, 1.54) is 14.2 Å². The van der Waals surface area contributed by atoms with Crippen molar-refractivity contribution in [3.05, 3.63) is 0 Å². The van der Waals surface area contributed by atoms with Crippen LogP contribution in [0.15, 0.2) is 0 Å². The summed E-state index contributed by atoms with van der Waals surface area (Å²) in [6.45, 7) is 1.88. The third-order valence-electron chi connectivity index (χ3n) is 1.89. The van der Waals surface area contributed by atoms with Crippen LogP contribution in [0.2, 0.25) is 0 Å². The first-order valence-corrected chi connectivity index (χ1v) is 5.64. The summed E-state index contributed by atoms with van der Waals surface area (Å²) in [6.07, 6.45) is -2.72. The molecule has 19 heavy (non-hydrogen) atoms. The Balaban J connectivity index is 4.20. The lowest BCUT2D eigenvalue weighted by atomic mass is 10.3. The van der Waals surface area contributed by atoms with E-state index in [1.807, 2.05) is 0 Å². The van der Waals surface area contributed by atoms with Crippen molar-refractivity contribution in [3.8, 4) is 0 Å². The number of ether oxygens (including phenoxy) is 3. The maximum atomic E-state index is 11.1. The maximum Gasteiger partial charge on any atom is 0.407 e. The van der Waals surface area contributed by atoms with E-state index in [2.05, 4.69) is 25.4 Å². The lowest BCUT2D eigenvalue weighted by molar-refractivity contribution is 0.0912. The summed E-state index contributed by atoms with van der Waals surface area (Å²) in [4.78, 5) is 33.1. The molecule has 0 aromatic carbocycles. The molecular formula is C10H19N3O6. The summed E-state index contributed by atoms with van der Waals surface area (Å²) in [7, 11) is 2.60. The number of alkyl carbamates (subject to hydrolysis) is 3. The molecule has 0 aliphatic rings. The lowest BCUT2D eigenvalue weighted by Crippen LogP contribution is -2.43. The largest absolute Gasteiger partial charge is 0.453 e. The molecule has 0 aromatic rings. The first-order chi connectivity index (χ1) is 9.03. The molecule has 0 aromatic heterocycles. The van der Waals surface area contributed by atoms with Crippen molar-refractivity contribution in [1.29, 1.82) is 0 Å². The van der Waals surface area contributed by atoms with Gasteiger partial charge in [0.15, 0.2) is 0 Å². The Morgan fingerprint density at radius 3 is 2.11 bits per heavy atom. The third-order valence-corrected chi connectivity index (χ3v) is 1.89. The third kappa shape index (κ3) is 8.52. The fraction of sp³-hybridized carbons (Fsp3) is 0.700. The zero-order valence-corrected chi connectivity index (χ0v) is 11.1. The molecule has 9 heteroatoms.